The second kappa shape index (κ2) is 10.0. The van der Waals surface area contributed by atoms with Crippen LogP contribution in [0.3, 0.4) is 0 Å². The van der Waals surface area contributed by atoms with Crippen molar-refractivity contribution >= 4 is 32.8 Å². The number of aryl methyl sites for hydroxylation is 3. The third kappa shape index (κ3) is 5.26. The Balaban J connectivity index is 1.47. The average Bonchev–Trinajstić information content (AvgIpc) is 3.43. The van der Waals surface area contributed by atoms with Crippen LogP contribution in [0.5, 0.6) is 0 Å². The summed E-state index contributed by atoms with van der Waals surface area (Å²) in [6.07, 6.45) is 5.69. The molecule has 34 heavy (non-hydrogen) atoms. The Hall–Kier alpha value is -2.51. The SMILES string of the molecule is CCCc1cc(C)ccc1CC1(C)CCN(c2ccc(S(=O)(=O)CCc3nccs3)cc2)C1=O. The van der Waals surface area contributed by atoms with E-state index in [0.29, 0.717) is 13.0 Å². The molecular formula is C27H32N2O3S2. The van der Waals surface area contributed by atoms with Gasteiger partial charge in [0.15, 0.2) is 9.84 Å². The van der Waals surface area contributed by atoms with Gasteiger partial charge in [0.25, 0.3) is 0 Å². The molecule has 0 N–H and O–H groups in total. The van der Waals surface area contributed by atoms with Crippen molar-refractivity contribution in [1.29, 1.82) is 0 Å². The van der Waals surface area contributed by atoms with Gasteiger partial charge in [0, 0.05) is 30.2 Å². The standard InChI is InChI=1S/C27H32N2O3S2/c1-4-5-21-18-20(2)6-7-22(21)19-27(3)13-15-29(26(27)30)23-8-10-24(11-9-23)34(31,32)17-12-25-28-14-16-33-25/h6-11,14,16,18H,4-5,12-13,15,17,19H2,1-3H3. The summed E-state index contributed by atoms with van der Waals surface area (Å²) < 4.78 is 25.5. The maximum absolute atomic E-state index is 13.5. The summed E-state index contributed by atoms with van der Waals surface area (Å²) in [4.78, 5) is 19.7. The summed E-state index contributed by atoms with van der Waals surface area (Å²) in [6, 6.07) is 13.3. The van der Waals surface area contributed by atoms with E-state index < -0.39 is 15.3 Å². The third-order valence-corrected chi connectivity index (χ3v) is 9.26. The van der Waals surface area contributed by atoms with Gasteiger partial charge in [-0.25, -0.2) is 13.4 Å². The lowest BCUT2D eigenvalue weighted by molar-refractivity contribution is -0.124. The molecule has 1 fully saturated rings. The number of aromatic nitrogens is 1. The first kappa shape index (κ1) is 24.6. The van der Waals surface area contributed by atoms with Gasteiger partial charge >= 0.3 is 0 Å². The van der Waals surface area contributed by atoms with Crippen molar-refractivity contribution in [2.75, 3.05) is 17.2 Å². The number of benzene rings is 2. The Labute approximate surface area is 206 Å². The summed E-state index contributed by atoms with van der Waals surface area (Å²) in [5.74, 6) is 0.131. The van der Waals surface area contributed by atoms with Gasteiger partial charge in [0.1, 0.15) is 0 Å². The molecule has 0 bridgehead atoms. The predicted molar refractivity (Wildman–Crippen MR) is 138 cm³/mol. The van der Waals surface area contributed by atoms with Crippen LogP contribution >= 0.6 is 11.3 Å². The van der Waals surface area contributed by atoms with Gasteiger partial charge in [-0.2, -0.15) is 0 Å². The van der Waals surface area contributed by atoms with Gasteiger partial charge in [0.05, 0.1) is 21.1 Å². The number of rotatable bonds is 9. The molecule has 0 saturated carbocycles. The summed E-state index contributed by atoms with van der Waals surface area (Å²) in [5, 5.41) is 2.67. The van der Waals surface area contributed by atoms with Crippen molar-refractivity contribution in [3.05, 3.63) is 75.7 Å². The number of nitrogens with zero attached hydrogens (tertiary/aromatic N) is 2. The van der Waals surface area contributed by atoms with E-state index in [1.165, 1.54) is 28.0 Å². The molecule has 1 atom stereocenters. The van der Waals surface area contributed by atoms with Crippen LogP contribution in [0.4, 0.5) is 5.69 Å². The molecular weight excluding hydrogens is 464 g/mol. The van der Waals surface area contributed by atoms with Crippen molar-refractivity contribution in [2.24, 2.45) is 5.41 Å². The second-order valence-electron chi connectivity index (χ2n) is 9.46. The van der Waals surface area contributed by atoms with E-state index in [2.05, 4.69) is 44.0 Å². The zero-order valence-corrected chi connectivity index (χ0v) is 21.7. The van der Waals surface area contributed by atoms with E-state index in [-0.39, 0.29) is 16.6 Å². The smallest absolute Gasteiger partial charge is 0.233 e. The van der Waals surface area contributed by atoms with Crippen LogP contribution in [0.1, 0.15) is 48.4 Å². The molecule has 2 heterocycles. The molecule has 1 aromatic heterocycles. The third-order valence-electron chi connectivity index (χ3n) is 6.69. The van der Waals surface area contributed by atoms with Gasteiger partial charge < -0.3 is 4.90 Å². The minimum atomic E-state index is -3.40. The molecule has 1 amide bonds. The number of hydrogen-bond donors (Lipinski definition) is 0. The molecule has 5 nitrogen and oxygen atoms in total. The Morgan fingerprint density at radius 3 is 2.53 bits per heavy atom. The van der Waals surface area contributed by atoms with Gasteiger partial charge in [-0.15, -0.1) is 11.3 Å². The molecule has 3 aromatic rings. The van der Waals surface area contributed by atoms with Crippen LogP contribution < -0.4 is 4.90 Å². The first-order valence-corrected chi connectivity index (χ1v) is 14.4. The Kier molecular flexibility index (Phi) is 7.24. The van der Waals surface area contributed by atoms with Crippen LogP contribution in [0, 0.1) is 12.3 Å². The lowest BCUT2D eigenvalue weighted by Crippen LogP contribution is -2.34. The number of thiazole rings is 1. The molecule has 1 saturated heterocycles. The molecule has 0 radical (unpaired) electrons. The molecule has 2 aromatic carbocycles. The molecule has 0 aliphatic carbocycles. The van der Waals surface area contributed by atoms with E-state index in [1.807, 2.05) is 5.38 Å². The van der Waals surface area contributed by atoms with Crippen LogP contribution in [-0.2, 0) is 33.9 Å². The number of amides is 1. The van der Waals surface area contributed by atoms with Crippen LogP contribution in [-0.4, -0.2) is 31.6 Å². The number of carbonyl (C=O) groups excluding carboxylic acids is 1. The van der Waals surface area contributed by atoms with E-state index in [4.69, 9.17) is 0 Å². The van der Waals surface area contributed by atoms with Gasteiger partial charge in [-0.1, -0.05) is 44.0 Å². The normalized spacial score (nSPS) is 18.6. The maximum Gasteiger partial charge on any atom is 0.233 e. The van der Waals surface area contributed by atoms with Gasteiger partial charge in [0.2, 0.25) is 5.91 Å². The zero-order valence-electron chi connectivity index (χ0n) is 20.1. The fourth-order valence-electron chi connectivity index (χ4n) is 4.70. The molecule has 4 rings (SSSR count). The van der Waals surface area contributed by atoms with Gasteiger partial charge in [-0.3, -0.25) is 4.79 Å². The fourth-order valence-corrected chi connectivity index (χ4v) is 6.70. The highest BCUT2D eigenvalue weighted by Gasteiger charge is 2.43. The van der Waals surface area contributed by atoms with Crippen molar-refractivity contribution in [1.82, 2.24) is 4.98 Å². The van der Waals surface area contributed by atoms with Crippen LogP contribution in [0.2, 0.25) is 0 Å². The quantitative estimate of drug-likeness (QED) is 0.397. The van der Waals surface area contributed by atoms with Crippen LogP contribution in [0.15, 0.2) is 58.9 Å². The zero-order chi connectivity index (χ0) is 24.3. The highest BCUT2D eigenvalue weighted by Crippen LogP contribution is 2.38. The Bertz CT molecular complexity index is 1250. The second-order valence-corrected chi connectivity index (χ2v) is 12.5. The highest BCUT2D eigenvalue weighted by molar-refractivity contribution is 7.91. The molecule has 1 aliphatic heterocycles. The van der Waals surface area contributed by atoms with E-state index in [0.717, 1.165) is 36.4 Å². The summed E-state index contributed by atoms with van der Waals surface area (Å²) in [6.45, 7) is 6.98. The topological polar surface area (TPSA) is 67.3 Å². The van der Waals surface area contributed by atoms with Gasteiger partial charge in [-0.05, 0) is 61.6 Å². The summed E-state index contributed by atoms with van der Waals surface area (Å²) in [7, 11) is -3.40. The van der Waals surface area contributed by atoms with E-state index in [9.17, 15) is 13.2 Å². The predicted octanol–water partition coefficient (Wildman–Crippen LogP) is 5.41. The highest BCUT2D eigenvalue weighted by atomic mass is 32.2. The minimum Gasteiger partial charge on any atom is -0.312 e. The number of anilines is 1. The minimum absolute atomic E-state index is 0.0250. The number of sulfone groups is 1. The lowest BCUT2D eigenvalue weighted by Gasteiger charge is -2.25. The van der Waals surface area contributed by atoms with Crippen molar-refractivity contribution in [2.45, 2.75) is 57.8 Å². The molecule has 180 valence electrons. The summed E-state index contributed by atoms with van der Waals surface area (Å²) >= 11 is 1.46. The number of hydrogen-bond acceptors (Lipinski definition) is 5. The maximum atomic E-state index is 13.5. The molecule has 0 spiro atoms. The van der Waals surface area contributed by atoms with Crippen molar-refractivity contribution in [3.63, 3.8) is 0 Å². The Morgan fingerprint density at radius 2 is 1.85 bits per heavy atom. The average molecular weight is 497 g/mol. The van der Waals surface area contributed by atoms with Crippen molar-refractivity contribution in [3.8, 4) is 0 Å². The molecule has 1 aliphatic rings. The van der Waals surface area contributed by atoms with E-state index >= 15 is 0 Å². The number of carbonyl (C=O) groups is 1. The first-order valence-electron chi connectivity index (χ1n) is 11.8. The van der Waals surface area contributed by atoms with Crippen LogP contribution in [0.25, 0.3) is 0 Å². The monoisotopic (exact) mass is 496 g/mol. The summed E-state index contributed by atoms with van der Waals surface area (Å²) in [5.41, 5.74) is 4.13. The van der Waals surface area contributed by atoms with Crippen molar-refractivity contribution < 1.29 is 13.2 Å². The Morgan fingerprint density at radius 1 is 1.09 bits per heavy atom. The fraction of sp³-hybridized carbons (Fsp3) is 0.407. The molecule has 7 heteroatoms. The largest absolute Gasteiger partial charge is 0.312 e. The lowest BCUT2D eigenvalue weighted by atomic mass is 9.80. The first-order chi connectivity index (χ1) is 16.2. The van der Waals surface area contributed by atoms with E-state index in [1.54, 1.807) is 35.4 Å². The molecule has 1 unspecified atom stereocenters.